The highest BCUT2D eigenvalue weighted by atomic mass is 32.2. The molecule has 1 atom stereocenters. The summed E-state index contributed by atoms with van der Waals surface area (Å²) in [6.07, 6.45) is 0.479. The number of carbonyl (C=O) groups is 2. The molecule has 2 rings (SSSR count). The molecule has 0 saturated carbocycles. The number of nitrogens with one attached hydrogen (secondary N) is 1. The van der Waals surface area contributed by atoms with Crippen LogP contribution in [0.2, 0.25) is 0 Å². The summed E-state index contributed by atoms with van der Waals surface area (Å²) < 4.78 is 26.7. The summed E-state index contributed by atoms with van der Waals surface area (Å²) in [5.74, 6) is -0.417. The number of nitrogens with zero attached hydrogens (tertiary/aromatic N) is 2. The maximum absolute atomic E-state index is 13.2. The van der Waals surface area contributed by atoms with Crippen molar-refractivity contribution in [3.8, 4) is 0 Å². The van der Waals surface area contributed by atoms with E-state index in [2.05, 4.69) is 5.32 Å². The van der Waals surface area contributed by atoms with E-state index in [0.29, 0.717) is 13.0 Å². The van der Waals surface area contributed by atoms with Crippen LogP contribution in [-0.2, 0) is 26.2 Å². The van der Waals surface area contributed by atoms with E-state index in [1.807, 2.05) is 52.0 Å². The molecule has 0 heterocycles. The average Bonchev–Trinajstić information content (AvgIpc) is 2.77. The molecule has 0 aliphatic rings. The summed E-state index contributed by atoms with van der Waals surface area (Å²) in [5, 5.41) is 2.94. The zero-order chi connectivity index (χ0) is 25.5. The molecule has 34 heavy (non-hydrogen) atoms. The first-order chi connectivity index (χ1) is 15.8. The van der Waals surface area contributed by atoms with Crippen LogP contribution in [0.25, 0.3) is 0 Å². The minimum Gasteiger partial charge on any atom is -0.350 e. The van der Waals surface area contributed by atoms with Crippen molar-refractivity contribution in [1.29, 1.82) is 0 Å². The van der Waals surface area contributed by atoms with Gasteiger partial charge in [-0.15, -0.1) is 0 Å². The molecule has 1 N–H and O–H groups in total. The molecular formula is C26H37N3O4S. The molecule has 7 nitrogen and oxygen atoms in total. The highest BCUT2D eigenvalue weighted by molar-refractivity contribution is 7.89. The lowest BCUT2D eigenvalue weighted by atomic mass is 10.1. The Morgan fingerprint density at radius 1 is 1.00 bits per heavy atom. The highest BCUT2D eigenvalue weighted by Gasteiger charge is 2.28. The van der Waals surface area contributed by atoms with Crippen LogP contribution in [0.1, 0.15) is 51.7 Å². The molecule has 186 valence electrons. The van der Waals surface area contributed by atoms with Crippen LogP contribution in [0.3, 0.4) is 0 Å². The minimum absolute atomic E-state index is 0.133. The molecule has 0 aliphatic heterocycles. The standard InChI is InChI=1S/C26H37N3O4S/c1-20-14-16-22(17-15-20)19-29(21(2)25(31)27-26(3,4)5)24(30)13-10-18-28(6)34(32,33)23-11-8-7-9-12-23/h7-9,11-12,14-17,21H,10,13,18-19H2,1-6H3,(H,27,31)/t21-/m0/s1. The van der Waals surface area contributed by atoms with Crippen molar-refractivity contribution in [3.05, 3.63) is 65.7 Å². The number of amides is 2. The number of carbonyl (C=O) groups excluding carboxylic acids is 2. The summed E-state index contributed by atoms with van der Waals surface area (Å²) in [4.78, 5) is 27.8. The third kappa shape index (κ3) is 7.95. The Morgan fingerprint density at radius 3 is 2.15 bits per heavy atom. The van der Waals surface area contributed by atoms with Crippen LogP contribution in [0.4, 0.5) is 0 Å². The van der Waals surface area contributed by atoms with Gasteiger partial charge < -0.3 is 10.2 Å². The Kier molecular flexibility index (Phi) is 9.41. The molecule has 2 aromatic carbocycles. The van der Waals surface area contributed by atoms with E-state index in [0.717, 1.165) is 11.1 Å². The zero-order valence-electron chi connectivity index (χ0n) is 21.0. The fourth-order valence-electron chi connectivity index (χ4n) is 3.44. The number of hydrogen-bond donors (Lipinski definition) is 1. The quantitative estimate of drug-likeness (QED) is 0.553. The summed E-state index contributed by atoms with van der Waals surface area (Å²) in [6, 6.07) is 15.4. The van der Waals surface area contributed by atoms with Crippen molar-refractivity contribution in [2.75, 3.05) is 13.6 Å². The van der Waals surface area contributed by atoms with Crippen molar-refractivity contribution < 1.29 is 18.0 Å². The van der Waals surface area contributed by atoms with Gasteiger partial charge in [0.05, 0.1) is 4.90 Å². The van der Waals surface area contributed by atoms with Crippen LogP contribution >= 0.6 is 0 Å². The van der Waals surface area contributed by atoms with Crippen molar-refractivity contribution in [2.45, 2.75) is 70.5 Å². The molecule has 8 heteroatoms. The fourth-order valence-corrected chi connectivity index (χ4v) is 4.67. The van der Waals surface area contributed by atoms with Gasteiger partial charge in [-0.3, -0.25) is 9.59 Å². The monoisotopic (exact) mass is 487 g/mol. The Morgan fingerprint density at radius 2 is 1.59 bits per heavy atom. The SMILES string of the molecule is Cc1ccc(CN(C(=O)CCCN(C)S(=O)(=O)c2ccccc2)[C@@H](C)C(=O)NC(C)(C)C)cc1. The van der Waals surface area contributed by atoms with Crippen LogP contribution in [0.15, 0.2) is 59.5 Å². The lowest BCUT2D eigenvalue weighted by molar-refractivity contribution is -0.141. The predicted octanol–water partition coefficient (Wildman–Crippen LogP) is 3.73. The van der Waals surface area contributed by atoms with Crippen molar-refractivity contribution in [1.82, 2.24) is 14.5 Å². The first-order valence-corrected chi connectivity index (χ1v) is 12.9. The Hall–Kier alpha value is -2.71. The van der Waals surface area contributed by atoms with E-state index < -0.39 is 21.6 Å². The van der Waals surface area contributed by atoms with E-state index in [-0.39, 0.29) is 29.7 Å². The molecule has 0 aromatic heterocycles. The predicted molar refractivity (Wildman–Crippen MR) is 135 cm³/mol. The number of hydrogen-bond acceptors (Lipinski definition) is 4. The molecule has 0 radical (unpaired) electrons. The van der Waals surface area contributed by atoms with Crippen LogP contribution in [0.5, 0.6) is 0 Å². The first-order valence-electron chi connectivity index (χ1n) is 11.5. The van der Waals surface area contributed by atoms with Gasteiger partial charge in [-0.1, -0.05) is 48.0 Å². The summed E-state index contributed by atoms with van der Waals surface area (Å²) in [6.45, 7) is 9.90. The molecule has 2 aromatic rings. The van der Waals surface area contributed by atoms with Gasteiger partial charge in [0, 0.05) is 32.1 Å². The van der Waals surface area contributed by atoms with E-state index in [1.165, 1.54) is 11.4 Å². The first kappa shape index (κ1) is 27.5. The topological polar surface area (TPSA) is 86.8 Å². The van der Waals surface area contributed by atoms with Crippen LogP contribution < -0.4 is 5.32 Å². The summed E-state index contributed by atoms with van der Waals surface area (Å²) in [5.41, 5.74) is 1.62. The van der Waals surface area contributed by atoms with Gasteiger partial charge in [0.2, 0.25) is 21.8 Å². The fraction of sp³-hybridized carbons (Fsp3) is 0.462. The molecule has 0 unspecified atom stereocenters. The third-order valence-electron chi connectivity index (χ3n) is 5.45. The van der Waals surface area contributed by atoms with Gasteiger partial charge in [0.15, 0.2) is 0 Å². The number of aryl methyl sites for hydroxylation is 1. The Labute approximate surface area is 204 Å². The average molecular weight is 488 g/mol. The van der Waals surface area contributed by atoms with Crippen molar-refractivity contribution in [3.63, 3.8) is 0 Å². The number of benzene rings is 2. The van der Waals surface area contributed by atoms with E-state index in [1.54, 1.807) is 42.2 Å². The van der Waals surface area contributed by atoms with Crippen molar-refractivity contribution >= 4 is 21.8 Å². The van der Waals surface area contributed by atoms with E-state index >= 15 is 0 Å². The normalized spacial score (nSPS) is 12.9. The number of sulfonamides is 1. The van der Waals surface area contributed by atoms with E-state index in [9.17, 15) is 18.0 Å². The lowest BCUT2D eigenvalue weighted by Crippen LogP contribution is -2.52. The van der Waals surface area contributed by atoms with Crippen molar-refractivity contribution in [2.24, 2.45) is 0 Å². The van der Waals surface area contributed by atoms with Crippen LogP contribution in [0, 0.1) is 6.92 Å². The highest BCUT2D eigenvalue weighted by Crippen LogP contribution is 2.16. The van der Waals surface area contributed by atoms with Gasteiger partial charge in [-0.2, -0.15) is 0 Å². The van der Waals surface area contributed by atoms with Gasteiger partial charge in [0.25, 0.3) is 0 Å². The second-order valence-electron chi connectivity index (χ2n) is 9.67. The second kappa shape index (κ2) is 11.6. The molecule has 0 aliphatic carbocycles. The second-order valence-corrected chi connectivity index (χ2v) is 11.7. The van der Waals surface area contributed by atoms with Gasteiger partial charge in [-0.25, -0.2) is 12.7 Å². The Balaban J connectivity index is 2.09. The van der Waals surface area contributed by atoms with Gasteiger partial charge >= 0.3 is 0 Å². The molecule has 0 saturated heterocycles. The lowest BCUT2D eigenvalue weighted by Gasteiger charge is -2.31. The van der Waals surface area contributed by atoms with Crippen LogP contribution in [-0.4, -0.2) is 54.6 Å². The van der Waals surface area contributed by atoms with E-state index in [4.69, 9.17) is 0 Å². The molecule has 0 fully saturated rings. The molecule has 0 spiro atoms. The molecule has 0 bridgehead atoms. The van der Waals surface area contributed by atoms with Gasteiger partial charge in [0.1, 0.15) is 6.04 Å². The number of rotatable bonds is 10. The molecule has 2 amide bonds. The Bertz CT molecular complexity index is 1060. The smallest absolute Gasteiger partial charge is 0.242 e. The summed E-state index contributed by atoms with van der Waals surface area (Å²) >= 11 is 0. The van der Waals surface area contributed by atoms with Gasteiger partial charge in [-0.05, 0) is 58.7 Å². The molecular weight excluding hydrogens is 450 g/mol. The maximum atomic E-state index is 13.2. The zero-order valence-corrected chi connectivity index (χ0v) is 21.9. The maximum Gasteiger partial charge on any atom is 0.242 e. The largest absolute Gasteiger partial charge is 0.350 e. The minimum atomic E-state index is -3.62. The summed E-state index contributed by atoms with van der Waals surface area (Å²) in [7, 11) is -2.11. The third-order valence-corrected chi connectivity index (χ3v) is 7.33.